The minimum atomic E-state index is 0.0623. The molecule has 7 aliphatic rings. The highest BCUT2D eigenvalue weighted by atomic mass is 32.2. The summed E-state index contributed by atoms with van der Waals surface area (Å²) in [5.74, 6) is 3.29. The van der Waals surface area contributed by atoms with Gasteiger partial charge in [0.25, 0.3) is 0 Å². The van der Waals surface area contributed by atoms with Crippen LogP contribution in [0.25, 0.3) is 11.1 Å². The lowest BCUT2D eigenvalue weighted by atomic mass is 9.42. The van der Waals surface area contributed by atoms with Gasteiger partial charge in [0.2, 0.25) is 0 Å². The van der Waals surface area contributed by atoms with Crippen molar-refractivity contribution in [1.29, 1.82) is 0 Å². The van der Waals surface area contributed by atoms with Crippen LogP contribution in [-0.2, 0) is 27.1 Å². The molecule has 1 nitrogen and oxygen atoms in total. The normalized spacial score (nSPS) is 28.6. The lowest BCUT2D eigenvalue weighted by molar-refractivity contribution is -0.0443. The van der Waals surface area contributed by atoms with Gasteiger partial charge in [-0.2, -0.15) is 0 Å². The number of hydrogen-bond donors (Lipinski definition) is 0. The molecule has 0 N–H and O–H groups in total. The smallest absolute Gasteiger partial charge is 0.0502 e. The average molecular weight is 782 g/mol. The summed E-state index contributed by atoms with van der Waals surface area (Å²) in [6, 6.07) is 41.3. The third-order valence-corrected chi connectivity index (χ3v) is 18.1. The van der Waals surface area contributed by atoms with Crippen LogP contribution in [0, 0.1) is 23.7 Å². The molecule has 298 valence electrons. The van der Waals surface area contributed by atoms with Crippen molar-refractivity contribution >= 4 is 28.8 Å². The van der Waals surface area contributed by atoms with Crippen molar-refractivity contribution in [3.05, 3.63) is 137 Å². The number of benzene rings is 5. The summed E-state index contributed by atoms with van der Waals surface area (Å²) in [4.78, 5) is 5.66. The molecule has 1 spiro atoms. The number of hydrogen-bond acceptors (Lipinski definition) is 2. The van der Waals surface area contributed by atoms with Crippen molar-refractivity contribution < 1.29 is 0 Å². The van der Waals surface area contributed by atoms with Gasteiger partial charge in [0.05, 0.1) is 5.69 Å². The van der Waals surface area contributed by atoms with Crippen LogP contribution in [-0.4, -0.2) is 0 Å². The van der Waals surface area contributed by atoms with Gasteiger partial charge in [0.1, 0.15) is 0 Å². The third kappa shape index (κ3) is 5.34. The van der Waals surface area contributed by atoms with Gasteiger partial charge < -0.3 is 4.90 Å². The highest BCUT2D eigenvalue weighted by Gasteiger charge is 2.60. The molecular formula is C56H63NS. The Morgan fingerprint density at radius 2 is 1.00 bits per heavy atom. The van der Waals surface area contributed by atoms with Gasteiger partial charge in [-0.3, -0.25) is 0 Å². The van der Waals surface area contributed by atoms with E-state index in [1.165, 1.54) is 112 Å². The minimum Gasteiger partial charge on any atom is -0.310 e. The summed E-state index contributed by atoms with van der Waals surface area (Å²) < 4.78 is 0. The van der Waals surface area contributed by atoms with Crippen molar-refractivity contribution in [2.75, 3.05) is 4.90 Å². The van der Waals surface area contributed by atoms with E-state index in [-0.39, 0.29) is 27.1 Å². The maximum atomic E-state index is 2.70. The second kappa shape index (κ2) is 12.6. The molecule has 0 unspecified atom stereocenters. The second-order valence-electron chi connectivity index (χ2n) is 22.3. The Labute approximate surface area is 353 Å². The van der Waals surface area contributed by atoms with E-state index in [0.29, 0.717) is 0 Å². The second-order valence-corrected chi connectivity index (χ2v) is 23.4. The van der Waals surface area contributed by atoms with E-state index in [1.807, 2.05) is 11.8 Å². The zero-order valence-corrected chi connectivity index (χ0v) is 37.2. The van der Waals surface area contributed by atoms with E-state index in [0.717, 1.165) is 23.7 Å². The van der Waals surface area contributed by atoms with Crippen molar-refractivity contribution in [2.45, 2.75) is 150 Å². The Morgan fingerprint density at radius 1 is 0.466 bits per heavy atom. The number of rotatable bonds is 4. The molecule has 58 heavy (non-hydrogen) atoms. The molecule has 0 saturated heterocycles. The molecule has 0 aromatic heterocycles. The van der Waals surface area contributed by atoms with Crippen molar-refractivity contribution in [3.8, 4) is 11.1 Å². The maximum absolute atomic E-state index is 2.70. The topological polar surface area (TPSA) is 3.24 Å². The van der Waals surface area contributed by atoms with Crippen LogP contribution < -0.4 is 4.90 Å². The first-order valence-corrected chi connectivity index (χ1v) is 23.6. The zero-order chi connectivity index (χ0) is 40.0. The van der Waals surface area contributed by atoms with Crippen molar-refractivity contribution in [2.24, 2.45) is 23.7 Å². The zero-order valence-electron chi connectivity index (χ0n) is 36.3. The van der Waals surface area contributed by atoms with Gasteiger partial charge in [-0.05, 0) is 190 Å². The highest BCUT2D eigenvalue weighted by Crippen LogP contribution is 2.69. The van der Waals surface area contributed by atoms with Gasteiger partial charge >= 0.3 is 0 Å². The molecule has 1 heterocycles. The van der Waals surface area contributed by atoms with Crippen molar-refractivity contribution in [3.63, 3.8) is 0 Å². The predicted molar refractivity (Wildman–Crippen MR) is 246 cm³/mol. The Kier molecular flexibility index (Phi) is 8.12. The molecule has 12 rings (SSSR count). The first kappa shape index (κ1) is 37.3. The summed E-state index contributed by atoms with van der Waals surface area (Å²) in [6.07, 6.45) is 11.9. The molecule has 4 fully saturated rings. The quantitative estimate of drug-likeness (QED) is 0.179. The van der Waals surface area contributed by atoms with Crippen LogP contribution >= 0.6 is 11.8 Å². The first-order chi connectivity index (χ1) is 27.7. The van der Waals surface area contributed by atoms with E-state index in [2.05, 4.69) is 163 Å². The fourth-order valence-electron chi connectivity index (χ4n) is 14.1. The molecule has 0 atom stereocenters. The Hall–Kier alpha value is -3.75. The molecule has 5 aromatic rings. The molecule has 4 bridgehead atoms. The Balaban J connectivity index is 1.11. The van der Waals surface area contributed by atoms with Crippen molar-refractivity contribution in [1.82, 2.24) is 0 Å². The average Bonchev–Trinajstić information content (AvgIpc) is 3.20. The minimum absolute atomic E-state index is 0.0623. The first-order valence-electron chi connectivity index (χ1n) is 22.8. The van der Waals surface area contributed by atoms with Gasteiger partial charge in [0, 0.05) is 26.6 Å². The third-order valence-electron chi connectivity index (χ3n) is 17.0. The molecule has 1 aliphatic heterocycles. The largest absolute Gasteiger partial charge is 0.310 e. The number of anilines is 3. The standard InChI is InChI=1S/C56H63NS/c1-52(2)25-27-54(5,6)50-42(13-11-15-44(50)52)37-19-21-40(22-20-37)57(47-17-12-16-45-51(47)55(7,8)28-26-53(45,3)4)41-23-24-49-46(34-41)56(43-14-9-10-18-48(43)58-49)38-30-35-29-36(32-38)33-39(56)31-35/h9-24,34-36,38-39H,25-33H2,1-8H3. The van der Waals surface area contributed by atoms with E-state index in [4.69, 9.17) is 0 Å². The van der Waals surface area contributed by atoms with Crippen LogP contribution in [0.2, 0.25) is 0 Å². The molecule has 0 radical (unpaired) electrons. The summed E-state index contributed by atoms with van der Waals surface area (Å²) in [7, 11) is 0. The van der Waals surface area contributed by atoms with Crippen LogP contribution in [0.4, 0.5) is 17.1 Å². The molecule has 5 aromatic carbocycles. The fourth-order valence-corrected chi connectivity index (χ4v) is 15.3. The van der Waals surface area contributed by atoms with Gasteiger partial charge in [0.15, 0.2) is 0 Å². The summed E-state index contributed by atoms with van der Waals surface area (Å²) in [6.45, 7) is 19.7. The van der Waals surface area contributed by atoms with E-state index in [9.17, 15) is 0 Å². The SMILES string of the molecule is CC1(C)CCC(C)(C)c2c(-c3ccc(N(c4ccc5c(c4)C4(c6ccccc6S5)C5CC6CC(C5)CC4C6)c4cccc5c4C(C)(C)CCC5(C)C)cc3)cccc21. The lowest BCUT2D eigenvalue weighted by Gasteiger charge is -2.63. The Morgan fingerprint density at radius 3 is 1.67 bits per heavy atom. The van der Waals surface area contributed by atoms with E-state index < -0.39 is 0 Å². The van der Waals surface area contributed by atoms with E-state index in [1.54, 1.807) is 16.7 Å². The van der Waals surface area contributed by atoms with Crippen LogP contribution in [0.15, 0.2) is 113 Å². The monoisotopic (exact) mass is 781 g/mol. The fraction of sp³-hybridized carbons (Fsp3) is 0.464. The maximum Gasteiger partial charge on any atom is 0.0502 e. The van der Waals surface area contributed by atoms with Crippen LogP contribution in [0.5, 0.6) is 0 Å². The molecule has 0 amide bonds. The lowest BCUT2D eigenvalue weighted by Crippen LogP contribution is -2.57. The van der Waals surface area contributed by atoms with Gasteiger partial charge in [-0.1, -0.05) is 128 Å². The van der Waals surface area contributed by atoms with Gasteiger partial charge in [-0.15, -0.1) is 0 Å². The summed E-state index contributed by atoms with van der Waals surface area (Å²) in [5.41, 5.74) is 16.6. The Bertz CT molecular complexity index is 2430. The molecule has 2 heteroatoms. The van der Waals surface area contributed by atoms with Crippen LogP contribution in [0.3, 0.4) is 0 Å². The molecule has 4 saturated carbocycles. The molecule has 6 aliphatic carbocycles. The highest BCUT2D eigenvalue weighted by molar-refractivity contribution is 7.99. The number of nitrogens with zero attached hydrogens (tertiary/aromatic N) is 1. The predicted octanol–water partition coefficient (Wildman–Crippen LogP) is 15.7. The van der Waals surface area contributed by atoms with E-state index >= 15 is 0 Å². The van der Waals surface area contributed by atoms with Crippen LogP contribution in [0.1, 0.15) is 147 Å². The summed E-state index contributed by atoms with van der Waals surface area (Å²) in [5, 5.41) is 0. The number of fused-ring (bicyclic) bond motifs is 4. The molecular weight excluding hydrogens is 719 g/mol. The van der Waals surface area contributed by atoms with Gasteiger partial charge in [-0.25, -0.2) is 0 Å². The summed E-state index contributed by atoms with van der Waals surface area (Å²) >= 11 is 2.03.